The summed E-state index contributed by atoms with van der Waals surface area (Å²) in [6.07, 6.45) is 1.23. The van der Waals surface area contributed by atoms with E-state index in [1.165, 1.54) is 13.0 Å². The van der Waals surface area contributed by atoms with Crippen LogP contribution in [0.15, 0.2) is 0 Å². The minimum Gasteiger partial charge on any atom is -0.328 e. The molecule has 2 unspecified atom stereocenters. The summed E-state index contributed by atoms with van der Waals surface area (Å²) in [4.78, 5) is 2.51. The van der Waals surface area contributed by atoms with Crippen molar-refractivity contribution in [3.05, 3.63) is 0 Å². The van der Waals surface area contributed by atoms with Crippen LogP contribution >= 0.6 is 0 Å². The Balaban J connectivity index is 3.94. The Hall–Kier alpha value is -0.0800. The van der Waals surface area contributed by atoms with Crippen LogP contribution in [0.5, 0.6) is 0 Å². The second kappa shape index (κ2) is 6.39. The molecular formula is C11H26N2. The van der Waals surface area contributed by atoms with Gasteiger partial charge in [-0.15, -0.1) is 0 Å². The van der Waals surface area contributed by atoms with Gasteiger partial charge in [0.1, 0.15) is 0 Å². The highest BCUT2D eigenvalue weighted by molar-refractivity contribution is 4.71. The molecule has 0 saturated carbocycles. The van der Waals surface area contributed by atoms with Crippen LogP contribution in [0.4, 0.5) is 0 Å². The summed E-state index contributed by atoms with van der Waals surface area (Å²) in [7, 11) is 0. The maximum atomic E-state index is 5.85. The van der Waals surface area contributed by atoms with Gasteiger partial charge < -0.3 is 10.6 Å². The van der Waals surface area contributed by atoms with Crippen molar-refractivity contribution < 1.29 is 0 Å². The molecule has 0 aliphatic rings. The minimum absolute atomic E-state index is 0.304. The van der Waals surface area contributed by atoms with E-state index in [0.717, 1.165) is 6.54 Å². The molecule has 0 aliphatic heterocycles. The van der Waals surface area contributed by atoms with E-state index in [1.54, 1.807) is 0 Å². The Morgan fingerprint density at radius 1 is 1.15 bits per heavy atom. The normalized spacial score (nSPS) is 16.6. The third kappa shape index (κ3) is 5.27. The molecule has 0 amide bonds. The van der Waals surface area contributed by atoms with Crippen LogP contribution in [0.3, 0.4) is 0 Å². The number of nitrogens with zero attached hydrogens (tertiary/aromatic N) is 1. The molecule has 0 rings (SSSR count). The first kappa shape index (κ1) is 12.9. The summed E-state index contributed by atoms with van der Waals surface area (Å²) in [5.74, 6) is 0.592. The molecule has 0 aromatic rings. The largest absolute Gasteiger partial charge is 0.328 e. The fourth-order valence-corrected chi connectivity index (χ4v) is 1.38. The average molecular weight is 186 g/mol. The molecule has 0 aromatic heterocycles. The van der Waals surface area contributed by atoms with Gasteiger partial charge in [0.2, 0.25) is 0 Å². The Bertz CT molecular complexity index is 121. The van der Waals surface area contributed by atoms with Crippen molar-refractivity contribution in [3.63, 3.8) is 0 Å². The molecule has 0 spiro atoms. The monoisotopic (exact) mass is 186 g/mol. The van der Waals surface area contributed by atoms with Gasteiger partial charge in [-0.3, -0.25) is 0 Å². The van der Waals surface area contributed by atoms with Crippen molar-refractivity contribution in [2.24, 2.45) is 11.7 Å². The predicted molar refractivity (Wildman–Crippen MR) is 59.8 cm³/mol. The summed E-state index contributed by atoms with van der Waals surface area (Å²) in [6.45, 7) is 13.4. The van der Waals surface area contributed by atoms with E-state index in [4.69, 9.17) is 5.73 Å². The van der Waals surface area contributed by atoms with E-state index in [1.807, 2.05) is 0 Å². The SMILES string of the molecule is CCCN(CC(C)C(C)N)C(C)C. The van der Waals surface area contributed by atoms with Crippen LogP contribution < -0.4 is 5.73 Å². The first-order valence-corrected chi connectivity index (χ1v) is 5.48. The van der Waals surface area contributed by atoms with Gasteiger partial charge >= 0.3 is 0 Å². The standard InChI is InChI=1S/C11H26N2/c1-6-7-13(9(2)3)8-10(4)11(5)12/h9-11H,6-8,12H2,1-5H3. The second-order valence-electron chi connectivity index (χ2n) is 4.43. The highest BCUT2D eigenvalue weighted by Crippen LogP contribution is 2.07. The van der Waals surface area contributed by atoms with E-state index in [2.05, 4.69) is 39.5 Å². The lowest BCUT2D eigenvalue weighted by atomic mass is 10.0. The molecule has 0 bridgehead atoms. The van der Waals surface area contributed by atoms with Crippen molar-refractivity contribution in [1.82, 2.24) is 4.90 Å². The molecule has 2 atom stereocenters. The Morgan fingerprint density at radius 2 is 1.69 bits per heavy atom. The molecule has 80 valence electrons. The molecule has 0 aliphatic carbocycles. The van der Waals surface area contributed by atoms with Gasteiger partial charge in [-0.25, -0.2) is 0 Å². The third-order valence-electron chi connectivity index (χ3n) is 2.66. The fourth-order valence-electron chi connectivity index (χ4n) is 1.38. The lowest BCUT2D eigenvalue weighted by Gasteiger charge is -2.30. The van der Waals surface area contributed by atoms with Gasteiger partial charge in [0.25, 0.3) is 0 Å². The number of rotatable bonds is 6. The van der Waals surface area contributed by atoms with Crippen LogP contribution in [0, 0.1) is 5.92 Å². The Kier molecular flexibility index (Phi) is 6.35. The van der Waals surface area contributed by atoms with Gasteiger partial charge in [0, 0.05) is 18.6 Å². The van der Waals surface area contributed by atoms with Crippen LogP contribution in [0.1, 0.15) is 41.0 Å². The van der Waals surface area contributed by atoms with Gasteiger partial charge in [-0.05, 0) is 39.7 Å². The van der Waals surface area contributed by atoms with Crippen molar-refractivity contribution in [1.29, 1.82) is 0 Å². The molecule has 0 heterocycles. The zero-order valence-corrected chi connectivity index (χ0v) is 9.88. The molecule has 13 heavy (non-hydrogen) atoms. The zero-order chi connectivity index (χ0) is 10.4. The van der Waals surface area contributed by atoms with Crippen LogP contribution in [-0.2, 0) is 0 Å². The topological polar surface area (TPSA) is 29.3 Å². The van der Waals surface area contributed by atoms with E-state index in [0.29, 0.717) is 18.0 Å². The quantitative estimate of drug-likeness (QED) is 0.688. The second-order valence-corrected chi connectivity index (χ2v) is 4.43. The molecular weight excluding hydrogens is 160 g/mol. The van der Waals surface area contributed by atoms with E-state index < -0.39 is 0 Å². The average Bonchev–Trinajstić information content (AvgIpc) is 2.03. The number of hydrogen-bond donors (Lipinski definition) is 1. The number of hydrogen-bond acceptors (Lipinski definition) is 2. The van der Waals surface area contributed by atoms with Gasteiger partial charge in [0.15, 0.2) is 0 Å². The summed E-state index contributed by atoms with van der Waals surface area (Å²) in [5, 5.41) is 0. The van der Waals surface area contributed by atoms with E-state index in [-0.39, 0.29) is 0 Å². The predicted octanol–water partition coefficient (Wildman–Crippen LogP) is 2.09. The molecule has 0 aromatic carbocycles. The lowest BCUT2D eigenvalue weighted by Crippen LogP contribution is -2.40. The van der Waals surface area contributed by atoms with Gasteiger partial charge in [0.05, 0.1) is 0 Å². The van der Waals surface area contributed by atoms with E-state index in [9.17, 15) is 0 Å². The summed E-state index contributed by atoms with van der Waals surface area (Å²) in [6, 6.07) is 0.944. The molecule has 2 nitrogen and oxygen atoms in total. The highest BCUT2D eigenvalue weighted by atomic mass is 15.1. The zero-order valence-electron chi connectivity index (χ0n) is 9.88. The summed E-state index contributed by atoms with van der Waals surface area (Å²) >= 11 is 0. The minimum atomic E-state index is 0.304. The smallest absolute Gasteiger partial charge is 0.00483 e. The highest BCUT2D eigenvalue weighted by Gasteiger charge is 2.14. The van der Waals surface area contributed by atoms with Crippen LogP contribution in [0.2, 0.25) is 0 Å². The van der Waals surface area contributed by atoms with Crippen LogP contribution in [0.25, 0.3) is 0 Å². The maximum absolute atomic E-state index is 5.85. The van der Waals surface area contributed by atoms with Gasteiger partial charge in [-0.2, -0.15) is 0 Å². The van der Waals surface area contributed by atoms with Crippen molar-refractivity contribution in [2.45, 2.75) is 53.1 Å². The summed E-state index contributed by atoms with van der Waals surface area (Å²) in [5.41, 5.74) is 5.85. The molecule has 0 radical (unpaired) electrons. The lowest BCUT2D eigenvalue weighted by molar-refractivity contribution is 0.184. The molecule has 0 fully saturated rings. The van der Waals surface area contributed by atoms with Crippen molar-refractivity contribution in [3.8, 4) is 0 Å². The first-order valence-electron chi connectivity index (χ1n) is 5.48. The van der Waals surface area contributed by atoms with Crippen LogP contribution in [-0.4, -0.2) is 30.1 Å². The molecule has 0 saturated heterocycles. The molecule has 2 heteroatoms. The number of nitrogens with two attached hydrogens (primary N) is 1. The van der Waals surface area contributed by atoms with E-state index >= 15 is 0 Å². The van der Waals surface area contributed by atoms with Crippen molar-refractivity contribution in [2.75, 3.05) is 13.1 Å². The third-order valence-corrected chi connectivity index (χ3v) is 2.66. The maximum Gasteiger partial charge on any atom is 0.00483 e. The summed E-state index contributed by atoms with van der Waals surface area (Å²) < 4.78 is 0. The fraction of sp³-hybridized carbons (Fsp3) is 1.00. The van der Waals surface area contributed by atoms with Gasteiger partial charge in [-0.1, -0.05) is 13.8 Å². The van der Waals surface area contributed by atoms with Crippen molar-refractivity contribution >= 4 is 0 Å². The Morgan fingerprint density at radius 3 is 2.00 bits per heavy atom. The molecule has 2 N–H and O–H groups in total. The first-order chi connectivity index (χ1) is 5.99. The Labute approximate surface area is 83.5 Å².